The minimum Gasteiger partial charge on any atom is -0.316 e. The Balaban J connectivity index is 3.17. The summed E-state index contributed by atoms with van der Waals surface area (Å²) in [6.45, 7) is 0. The summed E-state index contributed by atoms with van der Waals surface area (Å²) >= 11 is 0. The highest BCUT2D eigenvalue weighted by atomic mass is 19.4. The minimum atomic E-state index is -4.87. The quantitative estimate of drug-likeness (QED) is 0.792. The first kappa shape index (κ1) is 12.8. The lowest BCUT2D eigenvalue weighted by Gasteiger charge is -2.17. The number of hydrogen-bond donors (Lipinski definition) is 1. The summed E-state index contributed by atoms with van der Waals surface area (Å²) < 4.78 is 73.9. The maximum Gasteiger partial charge on any atom is 0.407 e. The SMILES string of the molecule is N[C@H](c1cc(C(F)F)ccc1F)C(F)(F)F. The number of nitrogens with two attached hydrogens (primary N) is 1. The van der Waals surface area contributed by atoms with Crippen molar-refractivity contribution in [1.82, 2.24) is 0 Å². The molecule has 0 aromatic heterocycles. The molecule has 1 aromatic carbocycles. The van der Waals surface area contributed by atoms with Gasteiger partial charge in [0, 0.05) is 11.1 Å². The van der Waals surface area contributed by atoms with Gasteiger partial charge in [-0.05, 0) is 12.1 Å². The molecular weight excluding hydrogens is 236 g/mol. The number of benzene rings is 1. The van der Waals surface area contributed by atoms with Crippen LogP contribution >= 0.6 is 0 Å². The van der Waals surface area contributed by atoms with Gasteiger partial charge in [-0.1, -0.05) is 6.07 Å². The van der Waals surface area contributed by atoms with Crippen molar-refractivity contribution in [1.29, 1.82) is 0 Å². The largest absolute Gasteiger partial charge is 0.407 e. The van der Waals surface area contributed by atoms with Crippen LogP contribution in [0.3, 0.4) is 0 Å². The number of halogens is 6. The molecule has 0 aliphatic heterocycles. The van der Waals surface area contributed by atoms with E-state index >= 15 is 0 Å². The van der Waals surface area contributed by atoms with Gasteiger partial charge in [-0.15, -0.1) is 0 Å². The lowest BCUT2D eigenvalue weighted by atomic mass is 10.0. The van der Waals surface area contributed by atoms with Gasteiger partial charge in [0.05, 0.1) is 0 Å². The highest BCUT2D eigenvalue weighted by molar-refractivity contribution is 5.29. The Morgan fingerprint density at radius 1 is 1.12 bits per heavy atom. The number of alkyl halides is 5. The second kappa shape index (κ2) is 4.32. The predicted molar refractivity (Wildman–Crippen MR) is 44.3 cm³/mol. The van der Waals surface area contributed by atoms with Crippen LogP contribution in [0.4, 0.5) is 26.3 Å². The zero-order valence-electron chi connectivity index (χ0n) is 7.73. The van der Waals surface area contributed by atoms with Crippen LogP contribution in [0.2, 0.25) is 0 Å². The van der Waals surface area contributed by atoms with Gasteiger partial charge in [0.25, 0.3) is 6.43 Å². The predicted octanol–water partition coefficient (Wildman–Crippen LogP) is 3.33. The molecule has 0 saturated carbocycles. The Morgan fingerprint density at radius 3 is 2.12 bits per heavy atom. The molecule has 0 heterocycles. The van der Waals surface area contributed by atoms with Crippen LogP contribution in [-0.4, -0.2) is 6.18 Å². The van der Waals surface area contributed by atoms with Crippen molar-refractivity contribution in [2.24, 2.45) is 5.73 Å². The van der Waals surface area contributed by atoms with Gasteiger partial charge in [0.2, 0.25) is 0 Å². The fraction of sp³-hybridized carbons (Fsp3) is 0.333. The highest BCUT2D eigenvalue weighted by Crippen LogP contribution is 2.33. The molecule has 1 aromatic rings. The summed E-state index contributed by atoms with van der Waals surface area (Å²) in [6, 6.07) is -0.918. The number of hydrogen-bond acceptors (Lipinski definition) is 1. The Bertz CT molecular complexity index is 373. The van der Waals surface area contributed by atoms with E-state index in [-0.39, 0.29) is 0 Å². The van der Waals surface area contributed by atoms with Gasteiger partial charge in [-0.2, -0.15) is 13.2 Å². The molecule has 90 valence electrons. The zero-order chi connectivity index (χ0) is 12.5. The van der Waals surface area contributed by atoms with E-state index in [1.54, 1.807) is 0 Å². The van der Waals surface area contributed by atoms with E-state index in [1.165, 1.54) is 0 Å². The molecule has 1 nitrogen and oxygen atoms in total. The van der Waals surface area contributed by atoms with Gasteiger partial charge < -0.3 is 5.73 Å². The molecule has 0 aliphatic carbocycles. The third-order valence-electron chi connectivity index (χ3n) is 1.96. The first-order valence-corrected chi connectivity index (χ1v) is 4.13. The molecule has 0 spiro atoms. The zero-order valence-corrected chi connectivity index (χ0v) is 7.73. The fourth-order valence-corrected chi connectivity index (χ4v) is 1.11. The van der Waals surface area contributed by atoms with Crippen molar-refractivity contribution in [2.45, 2.75) is 18.6 Å². The number of rotatable bonds is 2. The molecule has 0 bridgehead atoms. The van der Waals surface area contributed by atoms with Gasteiger partial charge in [0.1, 0.15) is 11.9 Å². The molecule has 1 rings (SSSR count). The molecule has 0 radical (unpaired) electrons. The van der Waals surface area contributed by atoms with Crippen molar-refractivity contribution in [3.05, 3.63) is 35.1 Å². The topological polar surface area (TPSA) is 26.0 Å². The van der Waals surface area contributed by atoms with E-state index in [0.29, 0.717) is 18.2 Å². The van der Waals surface area contributed by atoms with Crippen molar-refractivity contribution >= 4 is 0 Å². The maximum atomic E-state index is 13.0. The summed E-state index contributed by atoms with van der Waals surface area (Å²) in [6.07, 6.45) is -7.85. The Labute approximate surface area is 86.9 Å². The average molecular weight is 243 g/mol. The van der Waals surface area contributed by atoms with E-state index in [1.807, 2.05) is 0 Å². The first-order valence-electron chi connectivity index (χ1n) is 4.13. The summed E-state index contributed by atoms with van der Waals surface area (Å²) in [5.41, 5.74) is 3.05. The monoisotopic (exact) mass is 243 g/mol. The van der Waals surface area contributed by atoms with E-state index < -0.39 is 35.6 Å². The van der Waals surface area contributed by atoms with E-state index in [0.717, 1.165) is 0 Å². The molecule has 0 fully saturated rings. The fourth-order valence-electron chi connectivity index (χ4n) is 1.11. The van der Waals surface area contributed by atoms with Crippen LogP contribution in [-0.2, 0) is 0 Å². The summed E-state index contributed by atoms with van der Waals surface area (Å²) in [4.78, 5) is 0. The molecule has 0 unspecified atom stereocenters. The third-order valence-corrected chi connectivity index (χ3v) is 1.96. The molecule has 16 heavy (non-hydrogen) atoms. The average Bonchev–Trinajstić information content (AvgIpc) is 2.15. The Morgan fingerprint density at radius 2 is 1.69 bits per heavy atom. The third kappa shape index (κ3) is 2.66. The van der Waals surface area contributed by atoms with E-state index in [9.17, 15) is 26.3 Å². The molecule has 7 heteroatoms. The van der Waals surface area contributed by atoms with Crippen molar-refractivity contribution in [3.8, 4) is 0 Å². The smallest absolute Gasteiger partial charge is 0.316 e. The van der Waals surface area contributed by atoms with Crippen LogP contribution in [0, 0.1) is 5.82 Å². The molecule has 0 saturated heterocycles. The van der Waals surface area contributed by atoms with Gasteiger partial charge >= 0.3 is 6.18 Å². The Kier molecular flexibility index (Phi) is 3.47. The first-order chi connectivity index (χ1) is 7.23. The lowest BCUT2D eigenvalue weighted by Crippen LogP contribution is -2.29. The van der Waals surface area contributed by atoms with Crippen molar-refractivity contribution in [2.75, 3.05) is 0 Å². The van der Waals surface area contributed by atoms with Gasteiger partial charge in [0.15, 0.2) is 0 Å². The molecule has 1 atom stereocenters. The summed E-state index contributed by atoms with van der Waals surface area (Å²) in [5.74, 6) is -1.26. The maximum absolute atomic E-state index is 13.0. The van der Waals surface area contributed by atoms with Crippen LogP contribution in [0.25, 0.3) is 0 Å². The Hall–Kier alpha value is -1.24. The normalized spacial score (nSPS) is 14.2. The molecule has 0 aliphatic rings. The lowest BCUT2D eigenvalue weighted by molar-refractivity contribution is -0.149. The molecule has 0 amide bonds. The summed E-state index contributed by atoms with van der Waals surface area (Å²) in [5, 5.41) is 0. The molecule has 2 N–H and O–H groups in total. The second-order valence-corrected chi connectivity index (χ2v) is 3.10. The van der Waals surface area contributed by atoms with Crippen LogP contribution in [0.1, 0.15) is 23.6 Å². The standard InChI is InChI=1S/C9H7F6N/c10-6-2-1-4(8(11)12)3-5(6)7(16)9(13,14)15/h1-3,7-8H,16H2/t7-/m1/s1. The van der Waals surface area contributed by atoms with Crippen LogP contribution < -0.4 is 5.73 Å². The highest BCUT2D eigenvalue weighted by Gasteiger charge is 2.39. The van der Waals surface area contributed by atoms with Crippen molar-refractivity contribution in [3.63, 3.8) is 0 Å². The van der Waals surface area contributed by atoms with Gasteiger partial charge in [-0.3, -0.25) is 0 Å². The van der Waals surface area contributed by atoms with Crippen LogP contribution in [0.15, 0.2) is 18.2 Å². The van der Waals surface area contributed by atoms with Crippen LogP contribution in [0.5, 0.6) is 0 Å². The second-order valence-electron chi connectivity index (χ2n) is 3.10. The van der Waals surface area contributed by atoms with E-state index in [4.69, 9.17) is 5.73 Å². The minimum absolute atomic E-state index is 0.429. The van der Waals surface area contributed by atoms with Gasteiger partial charge in [-0.25, -0.2) is 13.2 Å². The van der Waals surface area contributed by atoms with Crippen molar-refractivity contribution < 1.29 is 26.3 Å². The summed E-state index contributed by atoms with van der Waals surface area (Å²) in [7, 11) is 0. The molecular formula is C9H7F6N. The van der Waals surface area contributed by atoms with E-state index in [2.05, 4.69) is 0 Å².